The van der Waals surface area contributed by atoms with Gasteiger partial charge in [0.05, 0.1) is 123 Å². The van der Waals surface area contributed by atoms with Crippen molar-refractivity contribution >= 4 is 11.9 Å². The van der Waals surface area contributed by atoms with E-state index in [-0.39, 0.29) is 25.3 Å². The summed E-state index contributed by atoms with van der Waals surface area (Å²) in [5, 5.41) is 0. The molecule has 15 heteroatoms. The molecule has 2 aliphatic heterocycles. The molecule has 362 valence electrons. The summed E-state index contributed by atoms with van der Waals surface area (Å²) in [6.07, 6.45) is 5.77. The van der Waals surface area contributed by atoms with Crippen molar-refractivity contribution in [3.63, 3.8) is 0 Å². The Morgan fingerprint density at radius 1 is 0.537 bits per heavy atom. The summed E-state index contributed by atoms with van der Waals surface area (Å²) in [5.74, 6) is 4.47. The molecule has 4 atom stereocenters. The van der Waals surface area contributed by atoms with Gasteiger partial charge in [0.1, 0.15) is 12.1 Å². The summed E-state index contributed by atoms with van der Waals surface area (Å²) in [6, 6.07) is 18.0. The fourth-order valence-corrected chi connectivity index (χ4v) is 9.93. The van der Waals surface area contributed by atoms with Gasteiger partial charge < -0.3 is 61.1 Å². The first-order valence-corrected chi connectivity index (χ1v) is 22.5. The zero-order valence-corrected chi connectivity index (χ0v) is 41.0. The smallest absolute Gasteiger partial charge is 0.331 e. The first-order valence-electron chi connectivity index (χ1n) is 22.5. The van der Waals surface area contributed by atoms with Crippen molar-refractivity contribution in [2.75, 3.05) is 117 Å². The molecule has 4 aromatic rings. The van der Waals surface area contributed by atoms with E-state index in [4.69, 9.17) is 52.1 Å². The topological polar surface area (TPSA) is 136 Å². The van der Waals surface area contributed by atoms with Crippen LogP contribution in [-0.2, 0) is 38.3 Å². The van der Waals surface area contributed by atoms with E-state index < -0.39 is 11.9 Å². The second-order valence-corrected chi connectivity index (χ2v) is 17.3. The molecule has 2 heterocycles. The maximum Gasteiger partial charge on any atom is 0.331 e. The number of hydrogen-bond acceptors (Lipinski definition) is 13. The van der Waals surface area contributed by atoms with E-state index in [1.807, 2.05) is 36.4 Å². The van der Waals surface area contributed by atoms with Gasteiger partial charge in [0, 0.05) is 55.4 Å². The van der Waals surface area contributed by atoms with Crippen molar-refractivity contribution in [2.24, 2.45) is 0 Å². The molecule has 0 radical (unpaired) electrons. The Hall–Kier alpha value is -6.32. The monoisotopic (exact) mass is 928 g/mol. The summed E-state index contributed by atoms with van der Waals surface area (Å²) in [7, 11) is 19.1. The predicted molar refractivity (Wildman–Crippen MR) is 253 cm³/mol. The minimum atomic E-state index is -0.617. The number of methoxy groups -OCH3 is 9. The van der Waals surface area contributed by atoms with Crippen LogP contribution in [0.2, 0.25) is 0 Å². The third-order valence-corrected chi connectivity index (χ3v) is 13.5. The van der Waals surface area contributed by atoms with Crippen molar-refractivity contribution in [3.8, 4) is 51.7 Å². The number of hydrogen-bond donors (Lipinski definition) is 0. The van der Waals surface area contributed by atoms with E-state index >= 15 is 0 Å². The van der Waals surface area contributed by atoms with Gasteiger partial charge in [-0.25, -0.2) is 9.59 Å². The Labute approximate surface area is 395 Å². The molecule has 6 rings (SSSR count). The lowest BCUT2D eigenvalue weighted by molar-refractivity contribution is -0.941. The van der Waals surface area contributed by atoms with Gasteiger partial charge in [0.25, 0.3) is 0 Å². The van der Waals surface area contributed by atoms with Crippen LogP contribution in [0.1, 0.15) is 58.3 Å². The van der Waals surface area contributed by atoms with Crippen LogP contribution in [0.4, 0.5) is 0 Å². The van der Waals surface area contributed by atoms with Crippen LogP contribution in [-0.4, -0.2) is 138 Å². The van der Waals surface area contributed by atoms with Crippen molar-refractivity contribution in [3.05, 3.63) is 100 Å². The largest absolute Gasteiger partial charge is 0.493 e. The predicted octanol–water partition coefficient (Wildman–Crippen LogP) is 7.27. The Bertz CT molecular complexity index is 2400. The number of benzene rings is 4. The number of carbonyl (C=O) groups excluding carboxylic acids is 2. The Balaban J connectivity index is 1.07. The quantitative estimate of drug-likeness (QED) is 0.0339. The second-order valence-electron chi connectivity index (χ2n) is 17.3. The normalized spacial score (nSPS) is 19.6. The van der Waals surface area contributed by atoms with Gasteiger partial charge in [-0.05, 0) is 65.2 Å². The molecule has 0 aromatic heterocycles. The van der Waals surface area contributed by atoms with Crippen LogP contribution in [0.15, 0.2) is 66.7 Å². The van der Waals surface area contributed by atoms with E-state index in [9.17, 15) is 9.59 Å². The van der Waals surface area contributed by atoms with E-state index in [1.54, 1.807) is 64.0 Å². The molecule has 0 bridgehead atoms. The highest BCUT2D eigenvalue weighted by atomic mass is 16.5. The summed E-state index contributed by atoms with van der Waals surface area (Å²) >= 11 is 0. The average Bonchev–Trinajstić information content (AvgIpc) is 3.35. The van der Waals surface area contributed by atoms with Gasteiger partial charge in [-0.3, -0.25) is 0 Å². The molecule has 0 fully saturated rings. The van der Waals surface area contributed by atoms with Gasteiger partial charge in [0.2, 0.25) is 5.75 Å². The lowest BCUT2D eigenvalue weighted by Gasteiger charge is -2.46. The third kappa shape index (κ3) is 10.9. The van der Waals surface area contributed by atoms with Crippen molar-refractivity contribution in [2.45, 2.75) is 44.2 Å². The molecule has 0 saturated heterocycles. The number of quaternary nitrogens is 2. The number of rotatable bonds is 22. The molecule has 67 heavy (non-hydrogen) atoms. The summed E-state index contributed by atoms with van der Waals surface area (Å²) in [6.45, 7) is 3.42. The maximum atomic E-state index is 12.9. The molecular formula is C52H68N2O13+2. The zero-order chi connectivity index (χ0) is 48.3. The summed E-state index contributed by atoms with van der Waals surface area (Å²) in [4.78, 5) is 25.7. The molecule has 2 aliphatic rings. The van der Waals surface area contributed by atoms with Gasteiger partial charge in [0.15, 0.2) is 46.0 Å². The zero-order valence-electron chi connectivity index (χ0n) is 41.0. The highest BCUT2D eigenvalue weighted by Gasteiger charge is 2.44. The van der Waals surface area contributed by atoms with Crippen molar-refractivity contribution in [1.82, 2.24) is 0 Å². The molecule has 0 N–H and O–H groups in total. The highest BCUT2D eigenvalue weighted by molar-refractivity contribution is 5.91. The van der Waals surface area contributed by atoms with Crippen LogP contribution in [0.5, 0.6) is 51.7 Å². The highest BCUT2D eigenvalue weighted by Crippen LogP contribution is 2.52. The average molecular weight is 929 g/mol. The van der Waals surface area contributed by atoms with E-state index in [1.165, 1.54) is 11.1 Å². The van der Waals surface area contributed by atoms with Gasteiger partial charge in [-0.15, -0.1) is 0 Å². The number of ether oxygens (including phenoxy) is 11. The minimum Gasteiger partial charge on any atom is -0.493 e. The maximum absolute atomic E-state index is 12.9. The minimum absolute atomic E-state index is 0.0645. The molecular weight excluding hydrogens is 861 g/mol. The number of carbonyl (C=O) groups is 2. The van der Waals surface area contributed by atoms with Crippen LogP contribution >= 0.6 is 0 Å². The van der Waals surface area contributed by atoms with E-state index in [0.29, 0.717) is 80.1 Å². The number of nitrogens with zero attached hydrogens (tertiary/aromatic N) is 2. The van der Waals surface area contributed by atoms with E-state index in [0.717, 1.165) is 73.3 Å². The third-order valence-electron chi connectivity index (χ3n) is 13.5. The first-order chi connectivity index (χ1) is 32.3. The summed E-state index contributed by atoms with van der Waals surface area (Å²) < 4.78 is 63.9. The van der Waals surface area contributed by atoms with Gasteiger partial charge in [-0.2, -0.15) is 0 Å². The standard InChI is InChI=1S/C52H68N2O13/c1-53(24-20-35-30-44(61-7)45(62-8)33-38(35)39(53)28-34-14-16-40(57-3)42(29-34)59-5)22-12-26-66-47(55)18-19-48(56)67-27-13-23-54(2)25-21-36-31-46(63-9)51(64-10)52(65-11)49(36)50(54)37-15-17-41(58-4)43(32-37)60-6/h14-19,29-33,39,50H,12-13,20-28H2,1-11H3/q+2. The molecule has 0 saturated carbocycles. The van der Waals surface area contributed by atoms with Gasteiger partial charge in [-0.1, -0.05) is 6.07 Å². The van der Waals surface area contributed by atoms with Crippen LogP contribution in [0, 0.1) is 0 Å². The lowest BCUT2D eigenvalue weighted by Crippen LogP contribution is -2.52. The molecule has 4 unspecified atom stereocenters. The van der Waals surface area contributed by atoms with E-state index in [2.05, 4.69) is 32.3 Å². The van der Waals surface area contributed by atoms with Gasteiger partial charge >= 0.3 is 11.9 Å². The van der Waals surface area contributed by atoms with Crippen LogP contribution in [0.25, 0.3) is 0 Å². The molecule has 4 aromatic carbocycles. The van der Waals surface area contributed by atoms with Crippen LogP contribution in [0.3, 0.4) is 0 Å². The SMILES string of the molecule is COc1ccc(CC2c3cc(OC)c(OC)cc3CC[N+]2(C)CCCOC(=O)C=CC(=O)OCCC[N+]2(C)CCc3cc(OC)c(OC)c(OC)c3C2c2ccc(OC)c(OC)c2)cc1OC. The number of esters is 2. The molecule has 0 aliphatic carbocycles. The lowest BCUT2D eigenvalue weighted by atomic mass is 9.84. The number of fused-ring (bicyclic) bond motifs is 2. The molecule has 15 nitrogen and oxygen atoms in total. The van der Waals surface area contributed by atoms with Crippen LogP contribution < -0.4 is 42.6 Å². The summed E-state index contributed by atoms with van der Waals surface area (Å²) in [5.41, 5.74) is 6.60. The Kier molecular flexibility index (Phi) is 16.8. The number of likely N-dealkylation sites (N-methyl/N-ethyl adjacent to an activating group) is 2. The fraction of sp³-hybridized carbons (Fsp3) is 0.462. The van der Waals surface area contributed by atoms with Crippen molar-refractivity contribution < 1.29 is 70.7 Å². The first kappa shape index (κ1) is 50.1. The fourth-order valence-electron chi connectivity index (χ4n) is 9.93. The molecule has 0 spiro atoms. The Morgan fingerprint density at radius 3 is 1.61 bits per heavy atom. The molecule has 0 amide bonds. The Morgan fingerprint density at radius 2 is 1.03 bits per heavy atom. The second kappa shape index (κ2) is 22.4. The van der Waals surface area contributed by atoms with Crippen molar-refractivity contribution in [1.29, 1.82) is 0 Å².